The molecule has 0 saturated heterocycles. The number of aliphatic hydroxyl groups excluding tert-OH is 2. The van der Waals surface area contributed by atoms with E-state index < -0.39 is 18.2 Å². The van der Waals surface area contributed by atoms with E-state index in [0.717, 1.165) is 5.56 Å². The van der Waals surface area contributed by atoms with Gasteiger partial charge in [0.1, 0.15) is 11.9 Å². The van der Waals surface area contributed by atoms with Crippen LogP contribution in [0.3, 0.4) is 0 Å². The van der Waals surface area contributed by atoms with Crippen LogP contribution >= 0.6 is 0 Å². The highest BCUT2D eigenvalue weighted by atomic mass is 16.5. The number of benzene rings is 1. The first-order valence-electron chi connectivity index (χ1n) is 7.81. The van der Waals surface area contributed by atoms with Crippen molar-refractivity contribution in [3.05, 3.63) is 59.9 Å². The van der Waals surface area contributed by atoms with Crippen molar-refractivity contribution in [3.8, 4) is 5.75 Å². The molecule has 3 N–H and O–H groups in total. The van der Waals surface area contributed by atoms with Crippen LogP contribution in [0.1, 0.15) is 28.3 Å². The summed E-state index contributed by atoms with van der Waals surface area (Å²) in [5.41, 5.74) is 1.32. The largest absolute Gasteiger partial charge is 0.497 e. The Hall–Kier alpha value is -2.44. The van der Waals surface area contributed by atoms with Crippen LogP contribution in [0.4, 0.5) is 0 Å². The Morgan fingerprint density at radius 3 is 2.83 bits per heavy atom. The molecule has 3 rings (SSSR count). The third-order valence-corrected chi connectivity index (χ3v) is 4.43. The Labute approximate surface area is 140 Å². The van der Waals surface area contributed by atoms with Crippen molar-refractivity contribution in [2.75, 3.05) is 7.11 Å². The third-order valence-electron chi connectivity index (χ3n) is 4.43. The summed E-state index contributed by atoms with van der Waals surface area (Å²) in [6.45, 7) is 0. The van der Waals surface area contributed by atoms with Gasteiger partial charge in [-0.3, -0.25) is 9.78 Å². The molecule has 0 radical (unpaired) electrons. The second-order valence-electron chi connectivity index (χ2n) is 5.92. The second kappa shape index (κ2) is 6.98. The molecule has 24 heavy (non-hydrogen) atoms. The summed E-state index contributed by atoms with van der Waals surface area (Å²) < 4.78 is 5.13. The molecule has 1 fully saturated rings. The molecule has 4 unspecified atom stereocenters. The first-order chi connectivity index (χ1) is 11.6. The van der Waals surface area contributed by atoms with Gasteiger partial charge in [0.25, 0.3) is 5.91 Å². The van der Waals surface area contributed by atoms with Crippen LogP contribution in [-0.2, 0) is 0 Å². The van der Waals surface area contributed by atoms with Gasteiger partial charge in [-0.05, 0) is 36.2 Å². The lowest BCUT2D eigenvalue weighted by Crippen LogP contribution is -2.45. The minimum atomic E-state index is -1.02. The molecule has 1 amide bonds. The lowest BCUT2D eigenvalue weighted by Gasteiger charge is -2.23. The van der Waals surface area contributed by atoms with Crippen molar-refractivity contribution < 1.29 is 19.7 Å². The van der Waals surface area contributed by atoms with E-state index in [-0.39, 0.29) is 11.8 Å². The predicted octanol–water partition coefficient (Wildman–Crippen LogP) is 1.10. The van der Waals surface area contributed by atoms with Crippen molar-refractivity contribution in [1.82, 2.24) is 10.3 Å². The number of ether oxygens (including phenoxy) is 1. The zero-order valence-corrected chi connectivity index (χ0v) is 13.3. The molecule has 4 atom stereocenters. The number of aliphatic hydroxyl groups is 2. The summed E-state index contributed by atoms with van der Waals surface area (Å²) in [5.74, 6) is 0.0673. The lowest BCUT2D eigenvalue weighted by molar-refractivity contribution is 0.0294. The Morgan fingerprint density at radius 1 is 1.29 bits per heavy atom. The van der Waals surface area contributed by atoms with Crippen LogP contribution in [0, 0.1) is 0 Å². The minimum absolute atomic E-state index is 0.196. The zero-order chi connectivity index (χ0) is 17.1. The van der Waals surface area contributed by atoms with E-state index in [1.54, 1.807) is 42.7 Å². The van der Waals surface area contributed by atoms with E-state index in [2.05, 4.69) is 10.3 Å². The molecule has 0 aliphatic heterocycles. The number of amides is 1. The molecule has 6 heteroatoms. The Balaban J connectivity index is 1.81. The van der Waals surface area contributed by atoms with E-state index in [4.69, 9.17) is 4.74 Å². The molecule has 1 heterocycles. The smallest absolute Gasteiger partial charge is 0.251 e. The van der Waals surface area contributed by atoms with Gasteiger partial charge in [0, 0.05) is 23.9 Å². The highest BCUT2D eigenvalue weighted by molar-refractivity contribution is 5.94. The first kappa shape index (κ1) is 16.4. The molecular weight excluding hydrogens is 308 g/mol. The molecular formula is C18H20N2O4. The summed E-state index contributed by atoms with van der Waals surface area (Å²) in [5, 5.41) is 23.1. The maximum absolute atomic E-state index is 12.5. The third kappa shape index (κ3) is 3.25. The van der Waals surface area contributed by atoms with Crippen LogP contribution in [0.25, 0.3) is 0 Å². The number of rotatable bonds is 4. The van der Waals surface area contributed by atoms with Crippen molar-refractivity contribution >= 4 is 5.91 Å². The summed E-state index contributed by atoms with van der Waals surface area (Å²) in [4.78, 5) is 16.6. The quantitative estimate of drug-likeness (QED) is 0.782. The number of nitrogens with zero attached hydrogens (tertiary/aromatic N) is 1. The summed E-state index contributed by atoms with van der Waals surface area (Å²) in [6, 6.07) is 9.89. The molecule has 1 saturated carbocycles. The number of aromatic nitrogens is 1. The monoisotopic (exact) mass is 328 g/mol. The minimum Gasteiger partial charge on any atom is -0.497 e. The van der Waals surface area contributed by atoms with Crippen LogP contribution in [0.2, 0.25) is 0 Å². The molecule has 2 aromatic rings. The van der Waals surface area contributed by atoms with Crippen LogP contribution in [0.15, 0.2) is 48.8 Å². The summed E-state index contributed by atoms with van der Waals surface area (Å²) in [6.07, 6.45) is 1.82. The molecule has 6 nitrogen and oxygen atoms in total. The fraction of sp³-hybridized carbons (Fsp3) is 0.333. The van der Waals surface area contributed by atoms with Crippen LogP contribution < -0.4 is 10.1 Å². The molecule has 0 bridgehead atoms. The number of methoxy groups -OCH3 is 1. The first-order valence-corrected chi connectivity index (χ1v) is 7.81. The molecule has 1 aliphatic carbocycles. The van der Waals surface area contributed by atoms with Gasteiger partial charge >= 0.3 is 0 Å². The van der Waals surface area contributed by atoms with Gasteiger partial charge in [0.15, 0.2) is 0 Å². The molecule has 1 aliphatic rings. The highest BCUT2D eigenvalue weighted by Gasteiger charge is 2.43. The summed E-state index contributed by atoms with van der Waals surface area (Å²) in [7, 11) is 1.53. The second-order valence-corrected chi connectivity index (χ2v) is 5.92. The van der Waals surface area contributed by atoms with Crippen LogP contribution in [-0.4, -0.2) is 46.5 Å². The van der Waals surface area contributed by atoms with Gasteiger partial charge in [0.2, 0.25) is 0 Å². The van der Waals surface area contributed by atoms with Gasteiger partial charge in [-0.25, -0.2) is 0 Å². The van der Waals surface area contributed by atoms with Crippen LogP contribution in [0.5, 0.6) is 5.75 Å². The number of pyridine rings is 1. The SMILES string of the molecule is COc1cccc(C(=O)NC2C(c3cccnc3)CC(O)C2O)c1. The van der Waals surface area contributed by atoms with Crippen molar-refractivity contribution in [2.24, 2.45) is 0 Å². The standard InChI is InChI=1S/C18H20N2O4/c1-24-13-6-2-4-11(8-13)18(23)20-16-14(9-15(21)17(16)22)12-5-3-7-19-10-12/h2-8,10,14-17,21-22H,9H2,1H3,(H,20,23). The van der Waals surface area contributed by atoms with Crippen molar-refractivity contribution in [3.63, 3.8) is 0 Å². The number of hydrogen-bond acceptors (Lipinski definition) is 5. The highest BCUT2D eigenvalue weighted by Crippen LogP contribution is 2.35. The Bertz CT molecular complexity index is 707. The molecule has 1 aromatic carbocycles. The van der Waals surface area contributed by atoms with E-state index in [0.29, 0.717) is 17.7 Å². The van der Waals surface area contributed by atoms with E-state index in [1.165, 1.54) is 7.11 Å². The maximum atomic E-state index is 12.5. The van der Waals surface area contributed by atoms with E-state index in [9.17, 15) is 15.0 Å². The van der Waals surface area contributed by atoms with E-state index >= 15 is 0 Å². The predicted molar refractivity (Wildman–Crippen MR) is 87.9 cm³/mol. The Morgan fingerprint density at radius 2 is 2.12 bits per heavy atom. The van der Waals surface area contributed by atoms with Gasteiger partial charge < -0.3 is 20.3 Å². The number of carbonyl (C=O) groups is 1. The van der Waals surface area contributed by atoms with Gasteiger partial charge in [-0.1, -0.05) is 12.1 Å². The topological polar surface area (TPSA) is 91.7 Å². The molecule has 1 aromatic heterocycles. The fourth-order valence-electron chi connectivity index (χ4n) is 3.15. The summed E-state index contributed by atoms with van der Waals surface area (Å²) >= 11 is 0. The van der Waals surface area contributed by atoms with Crippen molar-refractivity contribution in [1.29, 1.82) is 0 Å². The average molecular weight is 328 g/mol. The van der Waals surface area contributed by atoms with Gasteiger partial charge in [-0.2, -0.15) is 0 Å². The Kier molecular flexibility index (Phi) is 4.78. The number of carbonyl (C=O) groups excluding carboxylic acids is 1. The maximum Gasteiger partial charge on any atom is 0.251 e. The normalized spacial score (nSPS) is 26.1. The fourth-order valence-corrected chi connectivity index (χ4v) is 3.15. The average Bonchev–Trinajstić information content (AvgIpc) is 2.91. The molecule has 126 valence electrons. The molecule has 0 spiro atoms. The van der Waals surface area contributed by atoms with E-state index in [1.807, 2.05) is 6.07 Å². The number of hydrogen-bond donors (Lipinski definition) is 3. The van der Waals surface area contributed by atoms with Gasteiger partial charge in [-0.15, -0.1) is 0 Å². The lowest BCUT2D eigenvalue weighted by atomic mass is 9.94. The number of nitrogens with one attached hydrogen (secondary N) is 1. The zero-order valence-electron chi connectivity index (χ0n) is 13.3. The van der Waals surface area contributed by atoms with Gasteiger partial charge in [0.05, 0.1) is 19.3 Å². The van der Waals surface area contributed by atoms with Crippen molar-refractivity contribution in [2.45, 2.75) is 30.6 Å².